The molecule has 0 atom stereocenters. The fourth-order valence-electron chi connectivity index (χ4n) is 2.76. The number of carbonyl (C=O) groups excluding carboxylic acids is 1. The lowest BCUT2D eigenvalue weighted by Crippen LogP contribution is -2.23. The van der Waals surface area contributed by atoms with E-state index in [1.807, 2.05) is 24.3 Å². The van der Waals surface area contributed by atoms with Crippen molar-refractivity contribution in [1.82, 2.24) is 9.88 Å². The summed E-state index contributed by atoms with van der Waals surface area (Å²) < 4.78 is 17.1. The van der Waals surface area contributed by atoms with Gasteiger partial charge in [0.05, 0.1) is 38.1 Å². The van der Waals surface area contributed by atoms with Crippen LogP contribution in [0.5, 0.6) is 17.2 Å². The van der Waals surface area contributed by atoms with Crippen LogP contribution >= 0.6 is 11.3 Å². The van der Waals surface area contributed by atoms with Gasteiger partial charge in [-0.3, -0.25) is 4.79 Å². The van der Waals surface area contributed by atoms with Crippen LogP contribution in [0.25, 0.3) is 16.3 Å². The van der Waals surface area contributed by atoms with Gasteiger partial charge < -0.3 is 19.1 Å². The second-order valence-electron chi connectivity index (χ2n) is 6.06. The van der Waals surface area contributed by atoms with E-state index in [-0.39, 0.29) is 5.91 Å². The van der Waals surface area contributed by atoms with Crippen LogP contribution in [0.3, 0.4) is 0 Å². The molecule has 0 radical (unpaired) electrons. The van der Waals surface area contributed by atoms with Gasteiger partial charge in [0.2, 0.25) is 11.7 Å². The lowest BCUT2D eigenvalue weighted by atomic mass is 10.1. The topological polar surface area (TPSA) is 60.9 Å². The number of nitrogens with zero attached hydrogens (tertiary/aromatic N) is 2. The number of methoxy groups -OCH3 is 3. The lowest BCUT2D eigenvalue weighted by molar-refractivity contribution is -0.125. The van der Waals surface area contributed by atoms with Crippen molar-refractivity contribution in [2.45, 2.75) is 6.54 Å². The van der Waals surface area contributed by atoms with E-state index in [1.54, 1.807) is 62.8 Å². The number of benzene rings is 2. The first-order valence-electron chi connectivity index (χ1n) is 8.63. The Morgan fingerprint density at radius 2 is 1.79 bits per heavy atom. The molecule has 3 aromatic rings. The van der Waals surface area contributed by atoms with Crippen molar-refractivity contribution in [3.63, 3.8) is 0 Å². The molecule has 1 amide bonds. The molecular formula is C21H22N2O4S. The van der Waals surface area contributed by atoms with Gasteiger partial charge in [0.15, 0.2) is 11.5 Å². The number of thiazole rings is 1. The molecule has 0 aliphatic rings. The second-order valence-corrected chi connectivity index (χ2v) is 7.18. The van der Waals surface area contributed by atoms with Gasteiger partial charge >= 0.3 is 0 Å². The third-order valence-corrected chi connectivity index (χ3v) is 5.21. The van der Waals surface area contributed by atoms with Crippen LogP contribution < -0.4 is 14.2 Å². The zero-order chi connectivity index (χ0) is 20.1. The van der Waals surface area contributed by atoms with E-state index < -0.39 is 0 Å². The van der Waals surface area contributed by atoms with Gasteiger partial charge in [-0.25, -0.2) is 4.98 Å². The van der Waals surface area contributed by atoms with Crippen molar-refractivity contribution in [2.75, 3.05) is 28.4 Å². The average molecular weight is 398 g/mol. The monoisotopic (exact) mass is 398 g/mol. The molecule has 0 aliphatic heterocycles. The maximum absolute atomic E-state index is 12.5. The van der Waals surface area contributed by atoms with Crippen LogP contribution in [-0.4, -0.2) is 44.2 Å². The first kappa shape index (κ1) is 19.7. The second kappa shape index (κ2) is 8.75. The number of para-hydroxylation sites is 1. The van der Waals surface area contributed by atoms with Crippen molar-refractivity contribution < 1.29 is 19.0 Å². The highest BCUT2D eigenvalue weighted by atomic mass is 32.1. The lowest BCUT2D eigenvalue weighted by Gasteiger charge is -2.14. The van der Waals surface area contributed by atoms with Gasteiger partial charge in [0.1, 0.15) is 5.01 Å². The Bertz CT molecular complexity index is 955. The number of ether oxygens (including phenoxy) is 3. The van der Waals surface area contributed by atoms with Crippen LogP contribution in [0.15, 0.2) is 42.5 Å². The highest BCUT2D eigenvalue weighted by Crippen LogP contribution is 2.38. The standard InChI is InChI=1S/C21H22N2O4S/c1-23(13-19-22-15-7-5-6-8-18(15)28-19)20(24)10-9-14-11-16(25-2)21(27-4)17(12-14)26-3/h5-12H,13H2,1-4H3/b10-9+. The number of hydrogen-bond acceptors (Lipinski definition) is 6. The van der Waals surface area contributed by atoms with Gasteiger partial charge in [0, 0.05) is 13.1 Å². The van der Waals surface area contributed by atoms with Gasteiger partial charge in [0.25, 0.3) is 0 Å². The summed E-state index contributed by atoms with van der Waals surface area (Å²) in [6.07, 6.45) is 3.25. The number of likely N-dealkylation sites (N-methyl/N-ethyl adjacent to an activating group) is 1. The molecule has 0 unspecified atom stereocenters. The molecule has 7 heteroatoms. The van der Waals surface area contributed by atoms with Crippen molar-refractivity contribution in [3.8, 4) is 17.2 Å². The van der Waals surface area contributed by atoms with E-state index in [0.717, 1.165) is 20.8 Å². The molecular weight excluding hydrogens is 376 g/mol. The molecule has 0 bridgehead atoms. The molecule has 0 saturated heterocycles. The molecule has 28 heavy (non-hydrogen) atoms. The summed E-state index contributed by atoms with van der Waals surface area (Å²) in [5, 5.41) is 0.901. The van der Waals surface area contributed by atoms with Gasteiger partial charge in [-0.15, -0.1) is 11.3 Å². The molecule has 0 aliphatic carbocycles. The average Bonchev–Trinajstić information content (AvgIpc) is 3.13. The van der Waals surface area contributed by atoms with E-state index in [1.165, 1.54) is 6.08 Å². The van der Waals surface area contributed by atoms with Crippen LogP contribution in [-0.2, 0) is 11.3 Å². The minimum Gasteiger partial charge on any atom is -0.493 e. The molecule has 0 saturated carbocycles. The minimum absolute atomic E-state index is 0.118. The van der Waals surface area contributed by atoms with Crippen molar-refractivity contribution in [1.29, 1.82) is 0 Å². The molecule has 3 rings (SSSR count). The number of carbonyl (C=O) groups is 1. The summed E-state index contributed by atoms with van der Waals surface area (Å²) in [4.78, 5) is 18.7. The van der Waals surface area contributed by atoms with Crippen LogP contribution in [0, 0.1) is 0 Å². The van der Waals surface area contributed by atoms with E-state index in [4.69, 9.17) is 14.2 Å². The van der Waals surface area contributed by atoms with Crippen molar-refractivity contribution >= 4 is 33.5 Å². The Labute approximate surface area is 168 Å². The van der Waals surface area contributed by atoms with E-state index >= 15 is 0 Å². The Kier molecular flexibility index (Phi) is 6.16. The van der Waals surface area contributed by atoms with E-state index in [0.29, 0.717) is 23.8 Å². The van der Waals surface area contributed by atoms with E-state index in [2.05, 4.69) is 4.98 Å². The molecule has 0 N–H and O–H groups in total. The summed E-state index contributed by atoms with van der Waals surface area (Å²) in [5.74, 6) is 1.47. The highest BCUT2D eigenvalue weighted by molar-refractivity contribution is 7.18. The third-order valence-electron chi connectivity index (χ3n) is 4.19. The number of hydrogen-bond donors (Lipinski definition) is 0. The Hall–Kier alpha value is -3.06. The summed E-state index contributed by atoms with van der Waals surface area (Å²) in [7, 11) is 6.42. The predicted octanol–water partition coefficient (Wildman–Crippen LogP) is 3.99. The highest BCUT2D eigenvalue weighted by Gasteiger charge is 2.13. The van der Waals surface area contributed by atoms with Gasteiger partial charge in [-0.05, 0) is 35.9 Å². The molecule has 2 aromatic carbocycles. The summed E-state index contributed by atoms with van der Waals surface area (Å²) >= 11 is 1.60. The Morgan fingerprint density at radius 1 is 1.11 bits per heavy atom. The molecule has 146 valence electrons. The number of rotatable bonds is 7. The molecule has 6 nitrogen and oxygen atoms in total. The first-order valence-corrected chi connectivity index (χ1v) is 9.45. The summed E-state index contributed by atoms with van der Waals surface area (Å²) in [6.45, 7) is 0.456. The van der Waals surface area contributed by atoms with Gasteiger partial charge in [-0.2, -0.15) is 0 Å². The maximum Gasteiger partial charge on any atom is 0.246 e. The maximum atomic E-state index is 12.5. The van der Waals surface area contributed by atoms with E-state index in [9.17, 15) is 4.79 Å². The number of fused-ring (bicyclic) bond motifs is 1. The first-order chi connectivity index (χ1) is 13.5. The predicted molar refractivity (Wildman–Crippen MR) is 111 cm³/mol. The summed E-state index contributed by atoms with van der Waals surface area (Å²) in [6, 6.07) is 11.5. The molecule has 1 aromatic heterocycles. The van der Waals surface area contributed by atoms with Crippen LogP contribution in [0.4, 0.5) is 0 Å². The molecule has 0 spiro atoms. The molecule has 1 heterocycles. The SMILES string of the molecule is COc1cc(/C=C/C(=O)N(C)Cc2nc3ccccc3s2)cc(OC)c1OC. The fourth-order valence-corrected chi connectivity index (χ4v) is 3.78. The number of amides is 1. The zero-order valence-electron chi connectivity index (χ0n) is 16.3. The minimum atomic E-state index is -0.118. The van der Waals surface area contributed by atoms with Crippen molar-refractivity contribution in [2.24, 2.45) is 0 Å². The quantitative estimate of drug-likeness (QED) is 0.563. The normalized spacial score (nSPS) is 11.0. The Balaban J connectivity index is 1.73. The smallest absolute Gasteiger partial charge is 0.246 e. The van der Waals surface area contributed by atoms with Crippen molar-refractivity contribution in [3.05, 3.63) is 53.0 Å². The zero-order valence-corrected chi connectivity index (χ0v) is 17.1. The van der Waals surface area contributed by atoms with Crippen LogP contribution in [0.1, 0.15) is 10.6 Å². The largest absolute Gasteiger partial charge is 0.493 e. The fraction of sp³-hybridized carbons (Fsp3) is 0.238. The van der Waals surface area contributed by atoms with Crippen LogP contribution in [0.2, 0.25) is 0 Å². The van der Waals surface area contributed by atoms with Gasteiger partial charge in [-0.1, -0.05) is 12.1 Å². The Morgan fingerprint density at radius 3 is 2.39 bits per heavy atom. The summed E-state index contributed by atoms with van der Waals surface area (Å²) in [5.41, 5.74) is 1.73. The molecule has 0 fully saturated rings. The third kappa shape index (κ3) is 4.26. The number of aromatic nitrogens is 1.